The van der Waals surface area contributed by atoms with Gasteiger partial charge < -0.3 is 5.32 Å². The molecule has 1 fully saturated rings. The Morgan fingerprint density at radius 2 is 1.93 bits per heavy atom. The zero-order chi connectivity index (χ0) is 10.6. The Balaban J connectivity index is 2.62. The van der Waals surface area contributed by atoms with Crippen LogP contribution >= 0.6 is 0 Å². The molecule has 1 N–H and O–H groups in total. The highest BCUT2D eigenvalue weighted by Crippen LogP contribution is 2.38. The number of rotatable bonds is 4. The van der Waals surface area contributed by atoms with Gasteiger partial charge in [0.25, 0.3) is 0 Å². The van der Waals surface area contributed by atoms with E-state index in [0.29, 0.717) is 5.54 Å². The van der Waals surface area contributed by atoms with Crippen LogP contribution in [0.2, 0.25) is 0 Å². The van der Waals surface area contributed by atoms with Gasteiger partial charge in [-0.1, -0.05) is 34.1 Å². The predicted molar refractivity (Wildman–Crippen MR) is 63.5 cm³/mol. The summed E-state index contributed by atoms with van der Waals surface area (Å²) in [5.74, 6) is 1.77. The molecule has 0 aliphatic heterocycles. The highest BCUT2D eigenvalue weighted by molar-refractivity contribution is 4.96. The lowest BCUT2D eigenvalue weighted by Gasteiger charge is -2.45. The lowest BCUT2D eigenvalue weighted by atomic mass is 9.68. The van der Waals surface area contributed by atoms with Crippen molar-refractivity contribution >= 4 is 0 Å². The second-order valence-electron chi connectivity index (χ2n) is 5.22. The van der Waals surface area contributed by atoms with Crippen LogP contribution in [0.1, 0.15) is 59.8 Å². The summed E-state index contributed by atoms with van der Waals surface area (Å²) in [5.41, 5.74) is 0.452. The highest BCUT2D eigenvalue weighted by Gasteiger charge is 2.38. The first-order valence-corrected chi connectivity index (χ1v) is 6.39. The van der Waals surface area contributed by atoms with E-state index in [1.165, 1.54) is 38.6 Å². The summed E-state index contributed by atoms with van der Waals surface area (Å²) in [6.45, 7) is 10.6. The molecule has 1 rings (SSSR count). The average Bonchev–Trinajstić information content (AvgIpc) is 2.20. The van der Waals surface area contributed by atoms with Gasteiger partial charge in [-0.3, -0.25) is 0 Å². The first kappa shape index (κ1) is 12.0. The van der Waals surface area contributed by atoms with Gasteiger partial charge in [-0.05, 0) is 44.1 Å². The Morgan fingerprint density at radius 3 is 2.50 bits per heavy atom. The Bertz CT molecular complexity index is 167. The standard InChI is InChI=1S/C13H27N/c1-5-9-14-13(6-2)10-11(3)7-8-12(13)4/h11-12,14H,5-10H2,1-4H3. The van der Waals surface area contributed by atoms with Gasteiger partial charge in [0.2, 0.25) is 0 Å². The molecule has 0 aromatic rings. The molecule has 0 saturated heterocycles. The fourth-order valence-corrected chi connectivity index (χ4v) is 2.97. The third-order valence-corrected chi connectivity index (χ3v) is 4.11. The van der Waals surface area contributed by atoms with Crippen LogP contribution in [0.3, 0.4) is 0 Å². The fraction of sp³-hybridized carbons (Fsp3) is 1.00. The van der Waals surface area contributed by atoms with Crippen LogP contribution in [-0.2, 0) is 0 Å². The molecule has 0 bridgehead atoms. The van der Waals surface area contributed by atoms with Crippen molar-refractivity contribution in [1.82, 2.24) is 5.32 Å². The van der Waals surface area contributed by atoms with Crippen LogP contribution in [-0.4, -0.2) is 12.1 Å². The van der Waals surface area contributed by atoms with Crippen molar-refractivity contribution in [1.29, 1.82) is 0 Å². The maximum atomic E-state index is 3.81. The van der Waals surface area contributed by atoms with Gasteiger partial charge in [-0.25, -0.2) is 0 Å². The summed E-state index contributed by atoms with van der Waals surface area (Å²) in [4.78, 5) is 0. The minimum atomic E-state index is 0.452. The molecule has 3 atom stereocenters. The second kappa shape index (κ2) is 5.16. The molecule has 1 saturated carbocycles. The van der Waals surface area contributed by atoms with E-state index in [9.17, 15) is 0 Å². The summed E-state index contributed by atoms with van der Waals surface area (Å²) in [6.07, 6.45) is 6.76. The van der Waals surface area contributed by atoms with Gasteiger partial charge in [0.1, 0.15) is 0 Å². The predicted octanol–water partition coefficient (Wildman–Crippen LogP) is 3.59. The summed E-state index contributed by atoms with van der Waals surface area (Å²) >= 11 is 0. The van der Waals surface area contributed by atoms with E-state index in [2.05, 4.69) is 33.0 Å². The van der Waals surface area contributed by atoms with E-state index >= 15 is 0 Å². The summed E-state index contributed by atoms with van der Waals surface area (Å²) < 4.78 is 0. The first-order chi connectivity index (χ1) is 6.64. The minimum Gasteiger partial charge on any atom is -0.311 e. The van der Waals surface area contributed by atoms with E-state index in [1.54, 1.807) is 0 Å². The first-order valence-electron chi connectivity index (χ1n) is 6.39. The number of nitrogens with one attached hydrogen (secondary N) is 1. The van der Waals surface area contributed by atoms with Gasteiger partial charge in [-0.15, -0.1) is 0 Å². The molecule has 14 heavy (non-hydrogen) atoms. The van der Waals surface area contributed by atoms with Gasteiger partial charge in [0, 0.05) is 5.54 Å². The molecule has 3 unspecified atom stereocenters. The van der Waals surface area contributed by atoms with Crippen molar-refractivity contribution in [2.24, 2.45) is 11.8 Å². The molecule has 1 aliphatic carbocycles. The highest BCUT2D eigenvalue weighted by atomic mass is 15.0. The van der Waals surface area contributed by atoms with Crippen LogP contribution in [0.4, 0.5) is 0 Å². The van der Waals surface area contributed by atoms with Gasteiger partial charge in [0.15, 0.2) is 0 Å². The van der Waals surface area contributed by atoms with Crippen molar-refractivity contribution in [3.8, 4) is 0 Å². The largest absolute Gasteiger partial charge is 0.311 e. The minimum absolute atomic E-state index is 0.452. The molecule has 0 radical (unpaired) electrons. The van der Waals surface area contributed by atoms with E-state index in [-0.39, 0.29) is 0 Å². The maximum absolute atomic E-state index is 3.81. The van der Waals surface area contributed by atoms with Crippen molar-refractivity contribution in [2.75, 3.05) is 6.54 Å². The maximum Gasteiger partial charge on any atom is 0.0206 e. The van der Waals surface area contributed by atoms with Crippen LogP contribution in [0.25, 0.3) is 0 Å². The topological polar surface area (TPSA) is 12.0 Å². The summed E-state index contributed by atoms with van der Waals surface area (Å²) in [5, 5.41) is 3.81. The SMILES string of the molecule is CCCNC1(CC)CC(C)CCC1C. The van der Waals surface area contributed by atoms with Crippen LogP contribution in [0.5, 0.6) is 0 Å². The third kappa shape index (κ3) is 2.50. The molecule has 0 heterocycles. The molecule has 1 aliphatic rings. The molecule has 84 valence electrons. The Kier molecular flexibility index (Phi) is 4.43. The fourth-order valence-electron chi connectivity index (χ4n) is 2.97. The van der Waals surface area contributed by atoms with E-state index in [0.717, 1.165) is 11.8 Å². The molecular formula is C13H27N. The van der Waals surface area contributed by atoms with Gasteiger partial charge in [0.05, 0.1) is 0 Å². The second-order valence-corrected chi connectivity index (χ2v) is 5.22. The molecule has 0 aromatic heterocycles. The normalized spacial score (nSPS) is 38.6. The summed E-state index contributed by atoms with van der Waals surface area (Å²) in [7, 11) is 0. The zero-order valence-electron chi connectivity index (χ0n) is 10.4. The molecule has 0 spiro atoms. The molecule has 0 amide bonds. The Hall–Kier alpha value is -0.0400. The van der Waals surface area contributed by atoms with E-state index in [1.807, 2.05) is 0 Å². The van der Waals surface area contributed by atoms with Crippen molar-refractivity contribution in [3.05, 3.63) is 0 Å². The average molecular weight is 197 g/mol. The lowest BCUT2D eigenvalue weighted by molar-refractivity contribution is 0.115. The van der Waals surface area contributed by atoms with Crippen LogP contribution < -0.4 is 5.32 Å². The smallest absolute Gasteiger partial charge is 0.0206 e. The molecule has 0 aromatic carbocycles. The Labute approximate surface area is 89.7 Å². The zero-order valence-corrected chi connectivity index (χ0v) is 10.4. The van der Waals surface area contributed by atoms with Crippen LogP contribution in [0.15, 0.2) is 0 Å². The Morgan fingerprint density at radius 1 is 1.21 bits per heavy atom. The van der Waals surface area contributed by atoms with Crippen molar-refractivity contribution in [2.45, 2.75) is 65.3 Å². The summed E-state index contributed by atoms with van der Waals surface area (Å²) in [6, 6.07) is 0. The molecule has 1 heteroatoms. The monoisotopic (exact) mass is 197 g/mol. The quantitative estimate of drug-likeness (QED) is 0.726. The lowest BCUT2D eigenvalue weighted by Crippen LogP contribution is -2.53. The van der Waals surface area contributed by atoms with Crippen molar-refractivity contribution in [3.63, 3.8) is 0 Å². The number of hydrogen-bond acceptors (Lipinski definition) is 1. The molecule has 1 nitrogen and oxygen atoms in total. The third-order valence-electron chi connectivity index (χ3n) is 4.11. The van der Waals surface area contributed by atoms with Gasteiger partial charge in [-0.2, -0.15) is 0 Å². The van der Waals surface area contributed by atoms with Crippen LogP contribution in [0, 0.1) is 11.8 Å². The van der Waals surface area contributed by atoms with E-state index in [4.69, 9.17) is 0 Å². The van der Waals surface area contributed by atoms with Crippen molar-refractivity contribution < 1.29 is 0 Å². The van der Waals surface area contributed by atoms with E-state index < -0.39 is 0 Å². The molecular weight excluding hydrogens is 170 g/mol. The number of hydrogen-bond donors (Lipinski definition) is 1. The van der Waals surface area contributed by atoms with Gasteiger partial charge >= 0.3 is 0 Å².